The zero-order valence-electron chi connectivity index (χ0n) is 7.31. The molecule has 0 aliphatic rings. The van der Waals surface area contributed by atoms with Crippen LogP contribution in [-0.2, 0) is 10.0 Å². The van der Waals surface area contributed by atoms with Crippen molar-refractivity contribution in [3.63, 3.8) is 0 Å². The van der Waals surface area contributed by atoms with Gasteiger partial charge in [-0.3, -0.25) is 11.8 Å². The smallest absolute Gasteiger partial charge is 0.458 e. The topological polar surface area (TPSA) is 52.6 Å². The van der Waals surface area contributed by atoms with Gasteiger partial charge in [0.15, 0.2) is 5.69 Å². The number of hydrogen-bond acceptors (Lipinski definition) is 2. The van der Waals surface area contributed by atoms with Crippen molar-refractivity contribution in [2.24, 2.45) is 0 Å². The van der Waals surface area contributed by atoms with E-state index >= 15 is 0 Å². The molecule has 14 heavy (non-hydrogen) atoms. The summed E-state index contributed by atoms with van der Waals surface area (Å²) in [5.41, 5.74) is 0.369. The minimum atomic E-state index is -3.74. The van der Waals surface area contributed by atoms with Gasteiger partial charge in [-0.15, -0.1) is 0 Å². The van der Waals surface area contributed by atoms with Gasteiger partial charge < -0.3 is 4.24 Å². The van der Waals surface area contributed by atoms with Gasteiger partial charge >= 0.3 is 29.6 Å². The summed E-state index contributed by atoms with van der Waals surface area (Å²) in [7, 11) is -3.74. The van der Waals surface area contributed by atoms with Crippen molar-refractivity contribution in [2.45, 2.75) is 4.90 Å². The fourth-order valence-corrected chi connectivity index (χ4v) is 1.53. The molecule has 0 fully saturated rings. The Balaban J connectivity index is 0.00000169. The van der Waals surface area contributed by atoms with Crippen molar-refractivity contribution in [3.05, 3.63) is 39.9 Å². The van der Waals surface area contributed by atoms with E-state index in [1.165, 1.54) is 24.3 Å². The molecular weight excluding hydrogens is 235 g/mol. The van der Waals surface area contributed by atoms with Crippen molar-refractivity contribution in [3.8, 4) is 0 Å². The molecule has 68 valence electrons. The minimum absolute atomic E-state index is 0. The summed E-state index contributed by atoms with van der Waals surface area (Å²) in [6.45, 7) is 6.64. The fourth-order valence-electron chi connectivity index (χ4n) is 0.732. The molecule has 0 unspecified atom stereocenters. The van der Waals surface area contributed by atoms with E-state index < -0.39 is 10.0 Å². The Hall–Kier alpha value is -0.0900. The third-order valence-corrected chi connectivity index (χ3v) is 2.95. The van der Waals surface area contributed by atoms with Gasteiger partial charge in [0.2, 0.25) is 0 Å². The van der Waals surface area contributed by atoms with E-state index in [9.17, 15) is 8.42 Å². The molecular formula is C7H4ClN2NaO2S. The molecule has 0 atom stereocenters. The molecule has 0 spiro atoms. The van der Waals surface area contributed by atoms with Crippen LogP contribution >= 0.6 is 11.8 Å². The Bertz CT molecular complexity index is 438. The van der Waals surface area contributed by atoms with E-state index in [4.69, 9.17) is 18.3 Å². The normalized spacial score (nSPS) is 10.0. The van der Waals surface area contributed by atoms with Crippen molar-refractivity contribution < 1.29 is 38.0 Å². The fraction of sp³-hybridized carbons (Fsp3) is 0. The van der Waals surface area contributed by atoms with Crippen LogP contribution in [-0.4, -0.2) is 8.42 Å². The summed E-state index contributed by atoms with van der Waals surface area (Å²) in [6, 6.07) is 5.35. The second-order valence-corrected chi connectivity index (χ2v) is 4.12. The molecule has 4 nitrogen and oxygen atoms in total. The molecule has 1 aromatic carbocycles. The summed E-state index contributed by atoms with van der Waals surface area (Å²) in [5, 5.41) is 0. The summed E-state index contributed by atoms with van der Waals surface area (Å²) in [4.78, 5) is 3.09. The monoisotopic (exact) mass is 238 g/mol. The molecule has 0 aliphatic heterocycles. The first-order valence-corrected chi connectivity index (χ1v) is 4.94. The number of hydrogen-bond donors (Lipinski definition) is 0. The quantitative estimate of drug-likeness (QED) is 0.513. The van der Waals surface area contributed by atoms with Crippen molar-refractivity contribution in [2.75, 3.05) is 0 Å². The number of sulfonamides is 1. The third kappa shape index (κ3) is 3.24. The van der Waals surface area contributed by atoms with E-state index in [1.807, 2.05) is 0 Å². The first-order chi connectivity index (χ1) is 6.10. The van der Waals surface area contributed by atoms with Crippen LogP contribution in [0.15, 0.2) is 29.2 Å². The second-order valence-electron chi connectivity index (χ2n) is 2.15. The number of nitrogens with zero attached hydrogens (tertiary/aromatic N) is 2. The molecule has 0 aliphatic carbocycles. The first kappa shape index (κ1) is 13.9. The van der Waals surface area contributed by atoms with Crippen molar-refractivity contribution >= 4 is 27.5 Å². The number of rotatable bonds is 2. The molecule has 0 amide bonds. The summed E-state index contributed by atoms with van der Waals surface area (Å²) < 4.78 is 24.8. The second kappa shape index (κ2) is 5.71. The molecule has 0 aromatic heterocycles. The van der Waals surface area contributed by atoms with Crippen LogP contribution in [0.2, 0.25) is 0 Å². The molecule has 0 heterocycles. The Morgan fingerprint density at radius 1 is 1.29 bits per heavy atom. The average Bonchev–Trinajstić information content (AvgIpc) is 2.18. The van der Waals surface area contributed by atoms with E-state index in [1.54, 1.807) is 0 Å². The van der Waals surface area contributed by atoms with Crippen LogP contribution in [0.4, 0.5) is 5.69 Å². The van der Waals surface area contributed by atoms with Crippen LogP contribution in [0, 0.1) is 6.57 Å². The van der Waals surface area contributed by atoms with Gasteiger partial charge in [-0.05, 0) is 0 Å². The Morgan fingerprint density at radius 3 is 2.14 bits per heavy atom. The van der Waals surface area contributed by atoms with Gasteiger partial charge in [0.1, 0.15) is 10.0 Å². The average molecular weight is 239 g/mol. The molecule has 0 saturated heterocycles. The van der Waals surface area contributed by atoms with Crippen molar-refractivity contribution in [1.82, 2.24) is 0 Å². The van der Waals surface area contributed by atoms with Gasteiger partial charge in [0.05, 0.1) is 6.57 Å². The molecule has 7 heteroatoms. The molecule has 1 aromatic rings. The Morgan fingerprint density at radius 2 is 1.79 bits per heavy atom. The molecule has 0 saturated carbocycles. The maximum absolute atomic E-state index is 11.0. The molecule has 0 radical (unpaired) electrons. The zero-order chi connectivity index (χ0) is 9.90. The maximum Gasteiger partial charge on any atom is 1.00 e. The Kier molecular flexibility index (Phi) is 5.67. The first-order valence-electron chi connectivity index (χ1n) is 3.16. The van der Waals surface area contributed by atoms with Gasteiger partial charge in [-0.1, -0.05) is 24.3 Å². The number of benzene rings is 1. The van der Waals surface area contributed by atoms with Gasteiger partial charge in [-0.2, -0.15) is 0 Å². The van der Waals surface area contributed by atoms with Gasteiger partial charge in [0.25, 0.3) is 0 Å². The van der Waals surface area contributed by atoms with E-state index in [0.29, 0.717) is 5.69 Å². The summed E-state index contributed by atoms with van der Waals surface area (Å²) in [5.74, 6) is 0. The van der Waals surface area contributed by atoms with E-state index in [-0.39, 0.29) is 34.5 Å². The van der Waals surface area contributed by atoms with Crippen LogP contribution < -0.4 is 29.6 Å². The summed E-state index contributed by atoms with van der Waals surface area (Å²) >= 11 is 4.88. The largest absolute Gasteiger partial charge is 1.00 e. The van der Waals surface area contributed by atoms with Crippen LogP contribution in [0.25, 0.3) is 9.09 Å². The van der Waals surface area contributed by atoms with E-state index in [0.717, 1.165) is 0 Å². The number of halogens is 1. The zero-order valence-corrected chi connectivity index (χ0v) is 10.9. The molecule has 0 bridgehead atoms. The van der Waals surface area contributed by atoms with E-state index in [2.05, 4.69) is 9.09 Å². The standard InChI is InChI=1S/C7H4ClN2O2S.Na/c1-9-6-2-4-7(5-3-6)13(11,12)10-8;/h2-5H;/q-1;+1. The van der Waals surface area contributed by atoms with Gasteiger partial charge in [0, 0.05) is 4.90 Å². The minimum Gasteiger partial charge on any atom is -0.458 e. The summed E-state index contributed by atoms with van der Waals surface area (Å²) in [6.07, 6.45) is 0. The SMILES string of the molecule is [C-]#[N+]c1ccc(S(=O)(=O)[N-]Cl)cc1.[Na+]. The third-order valence-electron chi connectivity index (χ3n) is 1.35. The Labute approximate surface area is 110 Å². The van der Waals surface area contributed by atoms with Gasteiger partial charge in [-0.25, -0.2) is 13.3 Å². The maximum atomic E-state index is 11.0. The van der Waals surface area contributed by atoms with Crippen molar-refractivity contribution in [1.29, 1.82) is 0 Å². The predicted octanol–water partition coefficient (Wildman–Crippen LogP) is -0.542. The molecule has 1 rings (SSSR count). The van der Waals surface area contributed by atoms with Crippen LogP contribution in [0.5, 0.6) is 0 Å². The van der Waals surface area contributed by atoms with Crippen LogP contribution in [0.1, 0.15) is 0 Å². The molecule has 0 N–H and O–H groups in total. The van der Waals surface area contributed by atoms with Crippen LogP contribution in [0.3, 0.4) is 0 Å². The predicted molar refractivity (Wildman–Crippen MR) is 49.1 cm³/mol.